The van der Waals surface area contributed by atoms with E-state index in [1.807, 2.05) is 6.07 Å². The summed E-state index contributed by atoms with van der Waals surface area (Å²) >= 11 is 9.24. The zero-order valence-corrected chi connectivity index (χ0v) is 11.4. The molecule has 1 aliphatic carbocycles. The van der Waals surface area contributed by atoms with Gasteiger partial charge in [0.05, 0.1) is 0 Å². The lowest BCUT2D eigenvalue weighted by Gasteiger charge is -2.09. The highest BCUT2D eigenvalue weighted by Gasteiger charge is 2.20. The minimum absolute atomic E-state index is 0.232. The summed E-state index contributed by atoms with van der Waals surface area (Å²) < 4.78 is 0.808. The van der Waals surface area contributed by atoms with E-state index >= 15 is 0 Å². The van der Waals surface area contributed by atoms with Crippen LogP contribution in [0.15, 0.2) is 22.7 Å². The van der Waals surface area contributed by atoms with Gasteiger partial charge in [-0.05, 0) is 40.0 Å². The first-order valence-corrected chi connectivity index (χ1v) is 6.82. The Morgan fingerprint density at radius 1 is 1.38 bits per heavy atom. The molecule has 1 aromatic carbocycles. The van der Waals surface area contributed by atoms with Gasteiger partial charge in [-0.1, -0.05) is 37.3 Å². The molecule has 1 aromatic rings. The molecule has 0 spiro atoms. The summed E-state index contributed by atoms with van der Waals surface area (Å²) in [4.78, 5) is 12.1. The molecule has 0 saturated heterocycles. The van der Waals surface area contributed by atoms with Gasteiger partial charge in [0.25, 0.3) is 0 Å². The lowest BCUT2D eigenvalue weighted by molar-refractivity contribution is 0.0961. The van der Waals surface area contributed by atoms with Crippen molar-refractivity contribution in [3.05, 3.63) is 33.3 Å². The van der Waals surface area contributed by atoms with Crippen molar-refractivity contribution in [2.45, 2.75) is 32.1 Å². The SMILES string of the molecule is O=C(CC1CCCC1)c1ccc(Cl)cc1Br. The summed E-state index contributed by atoms with van der Waals surface area (Å²) in [5.74, 6) is 0.825. The van der Waals surface area contributed by atoms with Crippen LogP contribution in [0.1, 0.15) is 42.5 Å². The third-order valence-corrected chi connectivity index (χ3v) is 4.07. The van der Waals surface area contributed by atoms with Gasteiger partial charge in [0.2, 0.25) is 0 Å². The maximum atomic E-state index is 12.1. The van der Waals surface area contributed by atoms with Crippen molar-refractivity contribution in [2.24, 2.45) is 5.92 Å². The Hall–Kier alpha value is -0.340. The van der Waals surface area contributed by atoms with Crippen LogP contribution >= 0.6 is 27.5 Å². The maximum absolute atomic E-state index is 12.1. The van der Waals surface area contributed by atoms with Gasteiger partial charge in [0, 0.05) is 21.5 Å². The Bertz CT molecular complexity index is 397. The smallest absolute Gasteiger partial charge is 0.164 e. The first kappa shape index (κ1) is 12.1. The predicted octanol–water partition coefficient (Wildman–Crippen LogP) is 4.87. The first-order chi connectivity index (χ1) is 7.66. The van der Waals surface area contributed by atoms with Gasteiger partial charge in [-0.25, -0.2) is 0 Å². The summed E-state index contributed by atoms with van der Waals surface area (Å²) in [7, 11) is 0. The molecule has 0 bridgehead atoms. The second-order valence-corrected chi connectivity index (χ2v) is 5.69. The standard InChI is InChI=1S/C13H14BrClO/c14-12-8-10(15)5-6-11(12)13(16)7-9-3-1-2-4-9/h5-6,8-9H,1-4,7H2. The van der Waals surface area contributed by atoms with Gasteiger partial charge < -0.3 is 0 Å². The average Bonchev–Trinajstić information content (AvgIpc) is 2.70. The Kier molecular flexibility index (Phi) is 4.04. The lowest BCUT2D eigenvalue weighted by Crippen LogP contribution is -2.06. The zero-order chi connectivity index (χ0) is 11.5. The number of rotatable bonds is 3. The van der Waals surface area contributed by atoms with E-state index in [0.717, 1.165) is 10.0 Å². The minimum Gasteiger partial charge on any atom is -0.294 e. The molecule has 16 heavy (non-hydrogen) atoms. The largest absolute Gasteiger partial charge is 0.294 e. The molecule has 0 atom stereocenters. The molecular weight excluding hydrogens is 287 g/mol. The van der Waals surface area contributed by atoms with Crippen molar-refractivity contribution >= 4 is 33.3 Å². The number of carbonyl (C=O) groups is 1. The van der Waals surface area contributed by atoms with E-state index < -0.39 is 0 Å². The van der Waals surface area contributed by atoms with Crippen LogP contribution in [0.4, 0.5) is 0 Å². The maximum Gasteiger partial charge on any atom is 0.164 e. The highest BCUT2D eigenvalue weighted by atomic mass is 79.9. The highest BCUT2D eigenvalue weighted by Crippen LogP contribution is 2.30. The number of Topliss-reactive ketones (excluding diaryl/α,β-unsaturated/α-hetero) is 1. The number of hydrogen-bond donors (Lipinski definition) is 0. The molecule has 0 N–H and O–H groups in total. The Morgan fingerprint density at radius 2 is 2.06 bits per heavy atom. The molecule has 0 aliphatic heterocycles. The number of hydrogen-bond acceptors (Lipinski definition) is 1. The summed E-state index contributed by atoms with van der Waals surface area (Å²) in [6, 6.07) is 5.36. The summed E-state index contributed by atoms with van der Waals surface area (Å²) in [6.45, 7) is 0. The predicted molar refractivity (Wildman–Crippen MR) is 70.1 cm³/mol. The third-order valence-electron chi connectivity index (χ3n) is 3.18. The fourth-order valence-electron chi connectivity index (χ4n) is 2.30. The molecule has 1 fully saturated rings. The number of carbonyl (C=O) groups excluding carboxylic acids is 1. The van der Waals surface area contributed by atoms with Gasteiger partial charge in [0.1, 0.15) is 0 Å². The Labute approximate surface area is 109 Å². The van der Waals surface area contributed by atoms with Crippen LogP contribution in [0.5, 0.6) is 0 Å². The fourth-order valence-corrected chi connectivity index (χ4v) is 3.21. The van der Waals surface area contributed by atoms with E-state index in [-0.39, 0.29) is 5.78 Å². The van der Waals surface area contributed by atoms with Gasteiger partial charge in [-0.2, -0.15) is 0 Å². The van der Waals surface area contributed by atoms with Crippen LogP contribution in [0, 0.1) is 5.92 Å². The average molecular weight is 302 g/mol. The lowest BCUT2D eigenvalue weighted by atomic mass is 9.97. The molecule has 0 heterocycles. The molecule has 1 aliphatic rings. The molecule has 1 nitrogen and oxygen atoms in total. The van der Waals surface area contributed by atoms with Crippen LogP contribution in [0.3, 0.4) is 0 Å². The summed E-state index contributed by atoms with van der Waals surface area (Å²) in [5.41, 5.74) is 0.760. The van der Waals surface area contributed by atoms with Gasteiger partial charge >= 0.3 is 0 Å². The van der Waals surface area contributed by atoms with Gasteiger partial charge in [-0.3, -0.25) is 4.79 Å². The molecule has 0 radical (unpaired) electrons. The molecule has 1 saturated carbocycles. The zero-order valence-electron chi connectivity index (χ0n) is 9.01. The van der Waals surface area contributed by atoms with E-state index in [2.05, 4.69) is 15.9 Å². The normalized spacial score (nSPS) is 16.6. The van der Waals surface area contributed by atoms with E-state index in [9.17, 15) is 4.79 Å². The topological polar surface area (TPSA) is 17.1 Å². The van der Waals surface area contributed by atoms with Crippen LogP contribution in [0.2, 0.25) is 5.02 Å². The highest BCUT2D eigenvalue weighted by molar-refractivity contribution is 9.10. The van der Waals surface area contributed by atoms with E-state index in [1.165, 1.54) is 25.7 Å². The van der Waals surface area contributed by atoms with E-state index in [1.54, 1.807) is 12.1 Å². The van der Waals surface area contributed by atoms with Gasteiger partial charge in [-0.15, -0.1) is 0 Å². The molecule has 0 unspecified atom stereocenters. The van der Waals surface area contributed by atoms with Gasteiger partial charge in [0.15, 0.2) is 5.78 Å². The van der Waals surface area contributed by atoms with Crippen LogP contribution in [-0.2, 0) is 0 Å². The van der Waals surface area contributed by atoms with Crippen molar-refractivity contribution in [3.63, 3.8) is 0 Å². The van der Waals surface area contributed by atoms with Crippen LogP contribution in [-0.4, -0.2) is 5.78 Å². The Morgan fingerprint density at radius 3 is 2.69 bits per heavy atom. The van der Waals surface area contributed by atoms with E-state index in [0.29, 0.717) is 17.4 Å². The van der Waals surface area contributed by atoms with Crippen molar-refractivity contribution in [1.82, 2.24) is 0 Å². The quantitative estimate of drug-likeness (QED) is 0.728. The molecule has 0 amide bonds. The molecule has 86 valence electrons. The fraction of sp³-hybridized carbons (Fsp3) is 0.462. The third kappa shape index (κ3) is 2.86. The molecule has 0 aromatic heterocycles. The number of benzene rings is 1. The van der Waals surface area contributed by atoms with Crippen molar-refractivity contribution in [1.29, 1.82) is 0 Å². The molecular formula is C13H14BrClO. The monoisotopic (exact) mass is 300 g/mol. The van der Waals surface area contributed by atoms with Crippen LogP contribution in [0.25, 0.3) is 0 Å². The van der Waals surface area contributed by atoms with Crippen molar-refractivity contribution in [2.75, 3.05) is 0 Å². The second-order valence-electron chi connectivity index (χ2n) is 4.40. The van der Waals surface area contributed by atoms with Crippen molar-refractivity contribution in [3.8, 4) is 0 Å². The number of halogens is 2. The van der Waals surface area contributed by atoms with E-state index in [4.69, 9.17) is 11.6 Å². The molecule has 3 heteroatoms. The summed E-state index contributed by atoms with van der Waals surface area (Å²) in [6.07, 6.45) is 5.65. The molecule has 2 rings (SSSR count). The Balaban J connectivity index is 2.08. The van der Waals surface area contributed by atoms with Crippen molar-refractivity contribution < 1.29 is 4.79 Å². The van der Waals surface area contributed by atoms with Crippen LogP contribution < -0.4 is 0 Å². The number of ketones is 1. The minimum atomic E-state index is 0.232. The summed E-state index contributed by atoms with van der Waals surface area (Å²) in [5, 5.41) is 0.657. The first-order valence-electron chi connectivity index (χ1n) is 5.65. The second kappa shape index (κ2) is 5.33.